The lowest BCUT2D eigenvalue weighted by atomic mass is 10.0. The Kier molecular flexibility index (Phi) is 8.56. The number of nitrogens with one attached hydrogen (secondary N) is 1. The van der Waals surface area contributed by atoms with Crippen molar-refractivity contribution in [2.45, 2.75) is 18.7 Å². The monoisotopic (exact) mass is 525 g/mol. The van der Waals surface area contributed by atoms with Crippen LogP contribution in [0.25, 0.3) is 0 Å². The van der Waals surface area contributed by atoms with E-state index in [1.807, 2.05) is 10.3 Å². The van der Waals surface area contributed by atoms with Crippen molar-refractivity contribution < 1.29 is 17.9 Å². The van der Waals surface area contributed by atoms with E-state index >= 15 is 0 Å². The highest BCUT2D eigenvalue weighted by molar-refractivity contribution is 14.0. The Morgan fingerprint density at radius 2 is 2.18 bits per heavy atom. The summed E-state index contributed by atoms with van der Waals surface area (Å²) in [4.78, 5) is 6.34. The van der Waals surface area contributed by atoms with Crippen LogP contribution in [0, 0.1) is 0 Å². The van der Waals surface area contributed by atoms with Crippen molar-refractivity contribution in [3.05, 3.63) is 57.8 Å². The van der Waals surface area contributed by atoms with Gasteiger partial charge in [0.2, 0.25) is 0 Å². The van der Waals surface area contributed by atoms with Crippen molar-refractivity contribution in [1.82, 2.24) is 10.2 Å². The smallest absolute Gasteiger partial charge is 0.370 e. The molecule has 2 heterocycles. The molecule has 154 valence electrons. The summed E-state index contributed by atoms with van der Waals surface area (Å²) in [6.45, 7) is 2.29. The van der Waals surface area contributed by atoms with Crippen LogP contribution in [0.4, 0.5) is 13.2 Å². The van der Waals surface area contributed by atoms with Crippen molar-refractivity contribution in [1.29, 1.82) is 0 Å². The van der Waals surface area contributed by atoms with Crippen LogP contribution in [0.2, 0.25) is 0 Å². The van der Waals surface area contributed by atoms with Crippen molar-refractivity contribution in [3.63, 3.8) is 0 Å². The number of halogens is 4. The van der Waals surface area contributed by atoms with E-state index in [2.05, 4.69) is 21.8 Å². The number of rotatable bonds is 4. The zero-order valence-electron chi connectivity index (χ0n) is 15.4. The van der Waals surface area contributed by atoms with E-state index in [0.717, 1.165) is 25.0 Å². The van der Waals surface area contributed by atoms with E-state index in [0.29, 0.717) is 25.3 Å². The van der Waals surface area contributed by atoms with Crippen molar-refractivity contribution in [2.24, 2.45) is 4.99 Å². The van der Waals surface area contributed by atoms with Crippen LogP contribution in [0.5, 0.6) is 0 Å². The quantitative estimate of drug-likeness (QED) is 0.361. The second kappa shape index (κ2) is 10.4. The van der Waals surface area contributed by atoms with Crippen molar-refractivity contribution >= 4 is 41.3 Å². The number of aliphatic imine (C=N–C) groups is 1. The number of thiophene rings is 1. The van der Waals surface area contributed by atoms with E-state index in [9.17, 15) is 13.2 Å². The molecule has 1 aliphatic heterocycles. The number of benzene rings is 1. The second-order valence-electron chi connectivity index (χ2n) is 6.28. The number of alkyl halides is 3. The van der Waals surface area contributed by atoms with Crippen molar-refractivity contribution in [2.75, 3.05) is 33.3 Å². The summed E-state index contributed by atoms with van der Waals surface area (Å²) in [7, 11) is 1.71. The van der Waals surface area contributed by atoms with Gasteiger partial charge in [-0.1, -0.05) is 12.1 Å². The van der Waals surface area contributed by atoms with Gasteiger partial charge in [0.15, 0.2) is 5.96 Å². The van der Waals surface area contributed by atoms with E-state index < -0.39 is 17.8 Å². The predicted octanol–water partition coefficient (Wildman–Crippen LogP) is 4.58. The molecule has 0 radical (unpaired) electrons. The maximum absolute atomic E-state index is 13.0. The summed E-state index contributed by atoms with van der Waals surface area (Å²) >= 11 is 1.67. The molecule has 1 N–H and O–H groups in total. The van der Waals surface area contributed by atoms with Gasteiger partial charge in [0.05, 0.1) is 18.7 Å². The first-order valence-electron chi connectivity index (χ1n) is 8.73. The molecule has 1 saturated heterocycles. The van der Waals surface area contributed by atoms with Gasteiger partial charge >= 0.3 is 6.18 Å². The number of hydrogen-bond acceptors (Lipinski definition) is 3. The number of nitrogens with zero attached hydrogens (tertiary/aromatic N) is 2. The molecule has 2 aromatic rings. The molecule has 0 saturated carbocycles. The van der Waals surface area contributed by atoms with Gasteiger partial charge in [0, 0.05) is 20.1 Å². The zero-order valence-corrected chi connectivity index (χ0v) is 18.6. The Morgan fingerprint density at radius 1 is 1.36 bits per heavy atom. The third-order valence-electron chi connectivity index (χ3n) is 4.44. The molecule has 4 nitrogen and oxygen atoms in total. The van der Waals surface area contributed by atoms with Gasteiger partial charge in [-0.25, -0.2) is 0 Å². The van der Waals surface area contributed by atoms with Gasteiger partial charge in [-0.2, -0.15) is 24.5 Å². The lowest BCUT2D eigenvalue weighted by Crippen LogP contribution is -2.48. The summed E-state index contributed by atoms with van der Waals surface area (Å²) in [5.41, 5.74) is 1.15. The van der Waals surface area contributed by atoms with Gasteiger partial charge in [-0.05, 0) is 46.5 Å². The summed E-state index contributed by atoms with van der Waals surface area (Å²) in [6.07, 6.45) is -3.88. The molecule has 1 aromatic carbocycles. The topological polar surface area (TPSA) is 36.9 Å². The molecule has 1 atom stereocenters. The molecule has 3 rings (SSSR count). The third-order valence-corrected chi connectivity index (χ3v) is 5.17. The van der Waals surface area contributed by atoms with Gasteiger partial charge in [0.25, 0.3) is 0 Å². The molecule has 1 fully saturated rings. The normalized spacial score (nSPS) is 17.9. The van der Waals surface area contributed by atoms with Crippen LogP contribution in [0.15, 0.2) is 46.1 Å². The minimum absolute atomic E-state index is 0. The molecular weight excluding hydrogens is 502 g/mol. The molecule has 28 heavy (non-hydrogen) atoms. The standard InChI is InChI=1S/C19H22F3N3OS.HI/c1-23-18(24-7-5-14-6-10-27-13-14)25-8-9-26-17(12-25)15-3-2-4-16(11-15)19(20,21)22;/h2-4,6,10-11,13,17H,5,7-9,12H2,1H3,(H,23,24);1H. The Bertz CT molecular complexity index is 768. The Hall–Kier alpha value is -1.33. The first-order chi connectivity index (χ1) is 13.0. The highest BCUT2D eigenvalue weighted by atomic mass is 127. The van der Waals surface area contributed by atoms with Gasteiger partial charge < -0.3 is 15.0 Å². The predicted molar refractivity (Wildman–Crippen MR) is 117 cm³/mol. The molecule has 1 unspecified atom stereocenters. The van der Waals surface area contributed by atoms with Crippen LogP contribution in [-0.2, 0) is 17.3 Å². The van der Waals surface area contributed by atoms with Crippen LogP contribution < -0.4 is 5.32 Å². The molecule has 0 aliphatic carbocycles. The third kappa shape index (κ3) is 6.08. The molecule has 1 aliphatic rings. The SMILES string of the molecule is CN=C(NCCc1ccsc1)N1CCOC(c2cccc(C(F)(F)F)c2)C1.I. The first-order valence-corrected chi connectivity index (χ1v) is 9.67. The molecule has 0 amide bonds. The number of morpholine rings is 1. The minimum Gasteiger partial charge on any atom is -0.370 e. The van der Waals surface area contributed by atoms with Crippen LogP contribution in [0.3, 0.4) is 0 Å². The Labute approximate surface area is 183 Å². The summed E-state index contributed by atoms with van der Waals surface area (Å²) in [5.74, 6) is 0.741. The van der Waals surface area contributed by atoms with Crippen LogP contribution in [-0.4, -0.2) is 44.1 Å². The molecule has 0 spiro atoms. The van der Waals surface area contributed by atoms with Gasteiger partial charge in [-0.15, -0.1) is 24.0 Å². The zero-order chi connectivity index (χ0) is 19.3. The van der Waals surface area contributed by atoms with Crippen molar-refractivity contribution in [3.8, 4) is 0 Å². The summed E-state index contributed by atoms with van der Waals surface area (Å²) < 4.78 is 44.6. The van der Waals surface area contributed by atoms with E-state index in [1.54, 1.807) is 24.5 Å². The highest BCUT2D eigenvalue weighted by Crippen LogP contribution is 2.32. The largest absolute Gasteiger partial charge is 0.416 e. The maximum Gasteiger partial charge on any atom is 0.416 e. The van der Waals surface area contributed by atoms with Gasteiger partial charge in [0.1, 0.15) is 6.10 Å². The second-order valence-corrected chi connectivity index (χ2v) is 7.06. The van der Waals surface area contributed by atoms with E-state index in [-0.39, 0.29) is 24.0 Å². The summed E-state index contributed by atoms with van der Waals surface area (Å²) in [5, 5.41) is 7.49. The fourth-order valence-electron chi connectivity index (χ4n) is 3.04. The highest BCUT2D eigenvalue weighted by Gasteiger charge is 2.32. The average Bonchev–Trinajstić information content (AvgIpc) is 3.18. The lowest BCUT2D eigenvalue weighted by Gasteiger charge is -2.35. The molecule has 1 aromatic heterocycles. The average molecular weight is 525 g/mol. The fraction of sp³-hybridized carbons (Fsp3) is 0.421. The van der Waals surface area contributed by atoms with Crippen LogP contribution >= 0.6 is 35.3 Å². The minimum atomic E-state index is -4.36. The van der Waals surface area contributed by atoms with E-state index in [1.165, 1.54) is 17.7 Å². The summed E-state index contributed by atoms with van der Waals surface area (Å²) in [6, 6.07) is 7.44. The number of ether oxygens (including phenoxy) is 1. The number of guanidine groups is 1. The molecule has 0 bridgehead atoms. The lowest BCUT2D eigenvalue weighted by molar-refractivity contribution is -0.137. The molecule has 9 heteroatoms. The van der Waals surface area contributed by atoms with E-state index in [4.69, 9.17) is 4.74 Å². The molecular formula is C19H23F3IN3OS. The number of hydrogen-bond donors (Lipinski definition) is 1. The van der Waals surface area contributed by atoms with Gasteiger partial charge in [-0.3, -0.25) is 4.99 Å². The van der Waals surface area contributed by atoms with Crippen LogP contribution in [0.1, 0.15) is 22.8 Å². The first kappa shape index (κ1) is 23.0. The maximum atomic E-state index is 13.0. The Morgan fingerprint density at radius 3 is 2.86 bits per heavy atom. The Balaban J connectivity index is 0.00000280. The fourth-order valence-corrected chi connectivity index (χ4v) is 3.75.